The van der Waals surface area contributed by atoms with Crippen LogP contribution in [0.3, 0.4) is 0 Å². The highest BCUT2D eigenvalue weighted by atomic mass is 32.2. The average Bonchev–Trinajstić information content (AvgIpc) is 3.49. The van der Waals surface area contributed by atoms with Crippen LogP contribution in [0.15, 0.2) is 46.9 Å². The Morgan fingerprint density at radius 1 is 1.11 bits per heavy atom. The summed E-state index contributed by atoms with van der Waals surface area (Å²) in [5, 5.41) is 11.9. The summed E-state index contributed by atoms with van der Waals surface area (Å²) in [4.78, 5) is 1.13. The van der Waals surface area contributed by atoms with Crippen molar-refractivity contribution in [2.75, 3.05) is 19.0 Å². The lowest BCUT2D eigenvalue weighted by Crippen LogP contribution is -2.31. The largest absolute Gasteiger partial charge is 0.486 e. The zero-order valence-corrected chi connectivity index (χ0v) is 17.0. The zero-order chi connectivity index (χ0) is 18.8. The number of benzene rings is 1. The van der Waals surface area contributed by atoms with Crippen LogP contribution >= 0.6 is 23.1 Å². The van der Waals surface area contributed by atoms with Crippen molar-refractivity contribution in [3.63, 3.8) is 0 Å². The summed E-state index contributed by atoms with van der Waals surface area (Å²) in [6, 6.07) is 11.9. The summed E-state index contributed by atoms with van der Waals surface area (Å²) < 4.78 is 20.0. The van der Waals surface area contributed by atoms with E-state index in [4.69, 9.17) is 14.2 Å². The smallest absolute Gasteiger partial charge is 0.191 e. The molecule has 5 rings (SSSR count). The van der Waals surface area contributed by atoms with E-state index in [0.29, 0.717) is 6.61 Å². The molecule has 0 radical (unpaired) electrons. The van der Waals surface area contributed by atoms with Gasteiger partial charge in [0.1, 0.15) is 12.7 Å². The molecule has 28 heavy (non-hydrogen) atoms. The lowest BCUT2D eigenvalue weighted by molar-refractivity contribution is 0.0952. The van der Waals surface area contributed by atoms with Crippen LogP contribution in [0.4, 0.5) is 0 Å². The molecule has 6 nitrogen and oxygen atoms in total. The fourth-order valence-electron chi connectivity index (χ4n) is 3.45. The van der Waals surface area contributed by atoms with Gasteiger partial charge in [0, 0.05) is 12.4 Å². The van der Waals surface area contributed by atoms with Gasteiger partial charge in [0.25, 0.3) is 0 Å². The Bertz CT molecular complexity index is 923. The summed E-state index contributed by atoms with van der Waals surface area (Å²) in [7, 11) is 0. The summed E-state index contributed by atoms with van der Waals surface area (Å²) in [5.41, 5.74) is 0. The summed E-state index contributed by atoms with van der Waals surface area (Å²) >= 11 is 3.34. The number of nitrogens with zero attached hydrogens (tertiary/aromatic N) is 3. The lowest BCUT2D eigenvalue weighted by atomic mass is 10.2. The molecule has 4 heterocycles. The van der Waals surface area contributed by atoms with Crippen molar-refractivity contribution < 1.29 is 14.2 Å². The molecule has 0 bridgehead atoms. The molecule has 2 aromatic heterocycles. The SMILES string of the molecule is c1csc(-c2nnc(SC[C@H]3COc4ccccc4O3)n2C[C@H]2CCCO2)c1. The fraction of sp³-hybridized carbons (Fsp3) is 0.400. The van der Waals surface area contributed by atoms with Crippen LogP contribution in [0, 0.1) is 0 Å². The first-order valence-electron chi connectivity index (χ1n) is 9.47. The number of thioether (sulfide) groups is 1. The van der Waals surface area contributed by atoms with Gasteiger partial charge in [0.05, 0.1) is 17.5 Å². The second-order valence-electron chi connectivity index (χ2n) is 6.84. The standard InChI is InChI=1S/C20H21N3O3S2/c1-2-7-17-16(6-1)25-12-15(26-17)13-28-20-22-21-19(18-8-4-10-27-18)23(20)11-14-5-3-9-24-14/h1-2,4,6-8,10,14-15H,3,5,9,11-13H2/t14-,15-/m1/s1. The Hall–Kier alpha value is -2.03. The van der Waals surface area contributed by atoms with Gasteiger partial charge >= 0.3 is 0 Å². The third-order valence-corrected chi connectivity index (χ3v) is 6.80. The van der Waals surface area contributed by atoms with Gasteiger partial charge < -0.3 is 14.2 Å². The molecule has 2 atom stereocenters. The van der Waals surface area contributed by atoms with E-state index in [9.17, 15) is 0 Å². The monoisotopic (exact) mass is 415 g/mol. The lowest BCUT2D eigenvalue weighted by Gasteiger charge is -2.26. The van der Waals surface area contributed by atoms with Crippen LogP contribution in [0.2, 0.25) is 0 Å². The molecule has 0 N–H and O–H groups in total. The summed E-state index contributed by atoms with van der Waals surface area (Å²) in [5.74, 6) is 3.28. The number of rotatable bonds is 6. The van der Waals surface area contributed by atoms with E-state index < -0.39 is 0 Å². The van der Waals surface area contributed by atoms with E-state index in [1.165, 1.54) is 0 Å². The predicted octanol–water partition coefficient (Wildman–Crippen LogP) is 4.12. The van der Waals surface area contributed by atoms with Crippen LogP contribution in [-0.4, -0.2) is 45.9 Å². The van der Waals surface area contributed by atoms with Gasteiger partial charge in [0.2, 0.25) is 0 Å². The van der Waals surface area contributed by atoms with Gasteiger partial charge in [-0.25, -0.2) is 0 Å². The van der Waals surface area contributed by atoms with Crippen LogP contribution in [0.1, 0.15) is 12.8 Å². The summed E-state index contributed by atoms with van der Waals surface area (Å²) in [6.07, 6.45) is 2.42. The first kappa shape index (κ1) is 18.0. The van der Waals surface area contributed by atoms with Crippen molar-refractivity contribution in [2.24, 2.45) is 0 Å². The third-order valence-electron chi connectivity index (χ3n) is 4.83. The molecule has 0 spiro atoms. The van der Waals surface area contributed by atoms with Crippen LogP contribution in [-0.2, 0) is 11.3 Å². The predicted molar refractivity (Wildman–Crippen MR) is 109 cm³/mol. The van der Waals surface area contributed by atoms with E-state index >= 15 is 0 Å². The number of fused-ring (bicyclic) bond motifs is 1. The minimum atomic E-state index is -0.0158. The molecule has 2 aliphatic heterocycles. The fourth-order valence-corrected chi connectivity index (χ4v) is 5.08. The maximum Gasteiger partial charge on any atom is 0.191 e. The number of thiophene rings is 1. The second kappa shape index (κ2) is 8.14. The first-order valence-corrected chi connectivity index (χ1v) is 11.3. The number of hydrogen-bond acceptors (Lipinski definition) is 7. The Labute approximate surface area is 171 Å². The normalized spacial score (nSPS) is 21.1. The zero-order valence-electron chi connectivity index (χ0n) is 15.3. The van der Waals surface area contributed by atoms with Crippen molar-refractivity contribution >= 4 is 23.1 Å². The van der Waals surface area contributed by atoms with Gasteiger partial charge in [-0.1, -0.05) is 30.0 Å². The Morgan fingerprint density at radius 2 is 2.04 bits per heavy atom. The molecule has 0 saturated carbocycles. The topological polar surface area (TPSA) is 58.4 Å². The Morgan fingerprint density at radius 3 is 2.86 bits per heavy atom. The van der Waals surface area contributed by atoms with Gasteiger partial charge in [-0.3, -0.25) is 4.57 Å². The van der Waals surface area contributed by atoms with Crippen molar-refractivity contribution in [1.29, 1.82) is 0 Å². The second-order valence-corrected chi connectivity index (χ2v) is 8.77. The average molecular weight is 416 g/mol. The van der Waals surface area contributed by atoms with Crippen molar-refractivity contribution in [1.82, 2.24) is 14.8 Å². The molecule has 1 saturated heterocycles. The molecule has 146 valence electrons. The highest BCUT2D eigenvalue weighted by Gasteiger charge is 2.25. The van der Waals surface area contributed by atoms with E-state index in [1.807, 2.05) is 30.3 Å². The van der Waals surface area contributed by atoms with Crippen LogP contribution < -0.4 is 9.47 Å². The van der Waals surface area contributed by atoms with Gasteiger partial charge in [-0.2, -0.15) is 0 Å². The minimum absolute atomic E-state index is 0.0158. The maximum absolute atomic E-state index is 6.08. The van der Waals surface area contributed by atoms with Gasteiger partial charge in [-0.05, 0) is 36.4 Å². The van der Waals surface area contributed by atoms with Crippen molar-refractivity contribution in [2.45, 2.75) is 36.8 Å². The highest BCUT2D eigenvalue weighted by Crippen LogP contribution is 2.33. The molecular formula is C20H21N3O3S2. The maximum atomic E-state index is 6.08. The highest BCUT2D eigenvalue weighted by molar-refractivity contribution is 7.99. The van der Waals surface area contributed by atoms with E-state index in [0.717, 1.165) is 59.1 Å². The van der Waals surface area contributed by atoms with E-state index in [-0.39, 0.29) is 12.2 Å². The Kier molecular flexibility index (Phi) is 5.24. The minimum Gasteiger partial charge on any atom is -0.486 e. The molecule has 2 aliphatic rings. The molecule has 3 aromatic rings. The number of ether oxygens (including phenoxy) is 3. The molecule has 0 unspecified atom stereocenters. The molecule has 0 aliphatic carbocycles. The van der Waals surface area contributed by atoms with Crippen LogP contribution in [0.25, 0.3) is 10.7 Å². The van der Waals surface area contributed by atoms with E-state index in [2.05, 4.69) is 26.2 Å². The van der Waals surface area contributed by atoms with Gasteiger partial charge in [0.15, 0.2) is 22.5 Å². The quantitative estimate of drug-likeness (QED) is 0.565. The molecule has 8 heteroatoms. The number of hydrogen-bond donors (Lipinski definition) is 0. The molecular weight excluding hydrogens is 394 g/mol. The van der Waals surface area contributed by atoms with Crippen molar-refractivity contribution in [3.05, 3.63) is 41.8 Å². The van der Waals surface area contributed by atoms with Crippen molar-refractivity contribution in [3.8, 4) is 22.2 Å². The Balaban J connectivity index is 1.32. The number of para-hydroxylation sites is 2. The van der Waals surface area contributed by atoms with E-state index in [1.54, 1.807) is 23.1 Å². The summed E-state index contributed by atoms with van der Waals surface area (Å²) in [6.45, 7) is 2.17. The number of aromatic nitrogens is 3. The van der Waals surface area contributed by atoms with Gasteiger partial charge in [-0.15, -0.1) is 21.5 Å². The third kappa shape index (κ3) is 3.76. The molecule has 1 aromatic carbocycles. The van der Waals surface area contributed by atoms with Crippen LogP contribution in [0.5, 0.6) is 11.5 Å². The first-order chi connectivity index (χ1) is 13.9. The molecule has 0 amide bonds. The molecule has 1 fully saturated rings.